The zero-order chi connectivity index (χ0) is 27.7. The number of carbonyl (C=O) groups is 4. The molecule has 10 nitrogen and oxygen atoms in total. The van der Waals surface area contributed by atoms with Crippen molar-refractivity contribution >= 4 is 35.1 Å². The maximum Gasteiger partial charge on any atom is 0.339 e. The van der Waals surface area contributed by atoms with Crippen LogP contribution in [0, 0.1) is 0 Å². The van der Waals surface area contributed by atoms with Gasteiger partial charge in [-0.15, -0.1) is 0 Å². The van der Waals surface area contributed by atoms with Gasteiger partial charge in [0.15, 0.2) is 0 Å². The van der Waals surface area contributed by atoms with E-state index in [4.69, 9.17) is 10.2 Å². The van der Waals surface area contributed by atoms with Gasteiger partial charge in [-0.05, 0) is 60.7 Å². The minimum Gasteiger partial charge on any atom is -0.507 e. The molecule has 4 aromatic rings. The van der Waals surface area contributed by atoms with Gasteiger partial charge >= 0.3 is 11.9 Å². The van der Waals surface area contributed by atoms with E-state index in [2.05, 4.69) is 10.6 Å². The fourth-order valence-electron chi connectivity index (χ4n) is 3.16. The van der Waals surface area contributed by atoms with Crippen molar-refractivity contribution < 1.29 is 65.8 Å². The molecule has 0 bridgehead atoms. The smallest absolute Gasteiger partial charge is 0.339 e. The topological polar surface area (TPSA) is 173 Å². The van der Waals surface area contributed by atoms with Crippen LogP contribution in [0.25, 0.3) is 0 Å². The Morgan fingerprint density at radius 1 is 0.513 bits per heavy atom. The SMILES string of the molecule is O=C(Nc1ccc(O)c(C(=O)O)c1)c1ccccc1.O=C(Nc1ccc(O)c(C(=O)O)c1)c1ccccc1.[Zr]. The summed E-state index contributed by atoms with van der Waals surface area (Å²) < 4.78 is 0. The minimum atomic E-state index is -1.26. The normalized spacial score (nSPS) is 9.64. The summed E-state index contributed by atoms with van der Waals surface area (Å²) in [5, 5.41) is 41.6. The number of rotatable bonds is 6. The molecule has 0 aliphatic heterocycles. The summed E-state index contributed by atoms with van der Waals surface area (Å²) in [6.45, 7) is 0. The van der Waals surface area contributed by atoms with E-state index in [0.717, 1.165) is 0 Å². The van der Waals surface area contributed by atoms with Crippen molar-refractivity contribution in [2.75, 3.05) is 10.6 Å². The summed E-state index contributed by atoms with van der Waals surface area (Å²) in [6.07, 6.45) is 0. The van der Waals surface area contributed by atoms with Crippen LogP contribution in [0.1, 0.15) is 41.4 Å². The first-order chi connectivity index (χ1) is 18.2. The van der Waals surface area contributed by atoms with Gasteiger partial charge in [0.05, 0.1) is 0 Å². The van der Waals surface area contributed by atoms with Crippen LogP contribution in [0.3, 0.4) is 0 Å². The molecule has 0 heterocycles. The van der Waals surface area contributed by atoms with Gasteiger partial charge in [-0.3, -0.25) is 9.59 Å². The standard InChI is InChI=1S/2C14H11NO4.Zr/c2*16-12-7-6-10(8-11(12)14(18)19)15-13(17)9-4-2-1-3-5-9;/h2*1-8,16H,(H,15,17)(H,18,19);. The molecule has 2 amide bonds. The molecule has 4 aromatic carbocycles. The zero-order valence-corrected chi connectivity index (χ0v) is 22.6. The summed E-state index contributed by atoms with van der Waals surface area (Å²) in [7, 11) is 0. The Labute approximate surface area is 241 Å². The molecule has 0 atom stereocenters. The molecule has 0 aromatic heterocycles. The molecule has 0 spiro atoms. The van der Waals surface area contributed by atoms with Crippen LogP contribution in [-0.4, -0.2) is 44.2 Å². The summed E-state index contributed by atoms with van der Waals surface area (Å²) in [6, 6.07) is 24.8. The molecular formula is C28H22N2O8Zr. The second-order valence-electron chi connectivity index (χ2n) is 7.71. The van der Waals surface area contributed by atoms with E-state index >= 15 is 0 Å². The third kappa shape index (κ3) is 8.65. The fraction of sp³-hybridized carbons (Fsp3) is 0. The number of aromatic carboxylic acids is 2. The van der Waals surface area contributed by atoms with Crippen molar-refractivity contribution in [3.63, 3.8) is 0 Å². The first-order valence-corrected chi connectivity index (χ1v) is 11.0. The van der Waals surface area contributed by atoms with E-state index < -0.39 is 11.9 Å². The first-order valence-electron chi connectivity index (χ1n) is 11.0. The van der Waals surface area contributed by atoms with Crippen LogP contribution < -0.4 is 10.6 Å². The zero-order valence-electron chi connectivity index (χ0n) is 20.2. The van der Waals surface area contributed by atoms with Gasteiger partial charge in [-0.2, -0.15) is 0 Å². The summed E-state index contributed by atoms with van der Waals surface area (Å²) >= 11 is 0. The molecule has 0 unspecified atom stereocenters. The van der Waals surface area contributed by atoms with Crippen molar-refractivity contribution in [3.8, 4) is 11.5 Å². The predicted octanol–water partition coefficient (Wildman–Crippen LogP) is 4.68. The molecule has 39 heavy (non-hydrogen) atoms. The maximum atomic E-state index is 11.9. The molecule has 4 rings (SSSR count). The number of carbonyl (C=O) groups excluding carboxylic acids is 2. The minimum absolute atomic E-state index is 0. The number of aromatic hydroxyl groups is 2. The van der Waals surface area contributed by atoms with E-state index in [1.165, 1.54) is 36.4 Å². The second-order valence-corrected chi connectivity index (χ2v) is 7.71. The monoisotopic (exact) mass is 604 g/mol. The van der Waals surface area contributed by atoms with Crippen LogP contribution in [-0.2, 0) is 26.2 Å². The Kier molecular flexibility index (Phi) is 11.1. The van der Waals surface area contributed by atoms with E-state index in [-0.39, 0.29) is 60.6 Å². The van der Waals surface area contributed by atoms with Gasteiger partial charge in [-0.1, -0.05) is 36.4 Å². The van der Waals surface area contributed by atoms with Crippen LogP contribution in [0.4, 0.5) is 11.4 Å². The number of hydrogen-bond donors (Lipinski definition) is 6. The Morgan fingerprint density at radius 3 is 1.15 bits per heavy atom. The quantitative estimate of drug-likeness (QED) is 0.172. The third-order valence-corrected chi connectivity index (χ3v) is 5.04. The molecule has 0 fully saturated rings. The van der Waals surface area contributed by atoms with E-state index in [1.54, 1.807) is 60.7 Å². The van der Waals surface area contributed by atoms with E-state index in [9.17, 15) is 29.4 Å². The Bertz CT molecular complexity index is 1360. The number of anilines is 2. The Balaban J connectivity index is 0.000000267. The molecule has 196 valence electrons. The first kappa shape index (κ1) is 30.5. The van der Waals surface area contributed by atoms with Gasteiger partial charge in [-0.25, -0.2) is 9.59 Å². The van der Waals surface area contributed by atoms with Crippen molar-refractivity contribution in [1.29, 1.82) is 0 Å². The third-order valence-electron chi connectivity index (χ3n) is 5.04. The fourth-order valence-corrected chi connectivity index (χ4v) is 3.16. The predicted molar refractivity (Wildman–Crippen MR) is 139 cm³/mol. The van der Waals surface area contributed by atoms with Gasteiger partial charge in [0.25, 0.3) is 11.8 Å². The summed E-state index contributed by atoms with van der Waals surface area (Å²) in [5.41, 5.74) is 1.03. The average Bonchev–Trinajstić information content (AvgIpc) is 2.92. The summed E-state index contributed by atoms with van der Waals surface area (Å²) in [4.78, 5) is 45.4. The number of hydrogen-bond acceptors (Lipinski definition) is 6. The van der Waals surface area contributed by atoms with Crippen LogP contribution >= 0.6 is 0 Å². The Morgan fingerprint density at radius 2 is 0.846 bits per heavy atom. The van der Waals surface area contributed by atoms with Crippen LogP contribution in [0.2, 0.25) is 0 Å². The number of phenols is 2. The van der Waals surface area contributed by atoms with Crippen LogP contribution in [0.5, 0.6) is 11.5 Å². The van der Waals surface area contributed by atoms with Crippen LogP contribution in [0.15, 0.2) is 97.1 Å². The number of carboxylic acids is 2. The molecule has 0 radical (unpaired) electrons. The van der Waals surface area contributed by atoms with Crippen molar-refractivity contribution in [3.05, 3.63) is 119 Å². The summed E-state index contributed by atoms with van der Waals surface area (Å²) in [5.74, 6) is -3.89. The number of benzene rings is 4. The van der Waals surface area contributed by atoms with Crippen molar-refractivity contribution in [2.24, 2.45) is 0 Å². The van der Waals surface area contributed by atoms with E-state index in [1.807, 2.05) is 0 Å². The molecule has 0 saturated heterocycles. The second kappa shape index (κ2) is 14.3. The van der Waals surface area contributed by atoms with Gasteiger partial charge in [0, 0.05) is 48.7 Å². The van der Waals surface area contributed by atoms with Gasteiger partial charge in [0.1, 0.15) is 22.6 Å². The number of nitrogens with one attached hydrogen (secondary N) is 2. The maximum absolute atomic E-state index is 11.9. The Hall–Kier alpha value is -4.76. The number of amides is 2. The molecular weight excluding hydrogens is 584 g/mol. The molecule has 0 aliphatic carbocycles. The number of carboxylic acid groups (broad SMARTS) is 2. The molecule has 0 aliphatic rings. The van der Waals surface area contributed by atoms with Crippen molar-refractivity contribution in [2.45, 2.75) is 0 Å². The molecule has 11 heteroatoms. The van der Waals surface area contributed by atoms with Crippen molar-refractivity contribution in [1.82, 2.24) is 0 Å². The molecule has 0 saturated carbocycles. The molecule has 6 N–H and O–H groups in total. The largest absolute Gasteiger partial charge is 0.507 e. The van der Waals surface area contributed by atoms with Gasteiger partial charge in [0.2, 0.25) is 0 Å². The van der Waals surface area contributed by atoms with E-state index in [0.29, 0.717) is 22.5 Å². The average molecular weight is 606 g/mol. The van der Waals surface area contributed by atoms with Gasteiger partial charge < -0.3 is 31.1 Å².